The van der Waals surface area contributed by atoms with Crippen LogP contribution in [-0.4, -0.2) is 59.0 Å². The molecule has 1 fully saturated rings. The van der Waals surface area contributed by atoms with Crippen LogP contribution in [0.5, 0.6) is 5.75 Å². The van der Waals surface area contributed by atoms with Crippen LogP contribution in [0.4, 0.5) is 0 Å². The van der Waals surface area contributed by atoms with Gasteiger partial charge in [0.15, 0.2) is 0 Å². The van der Waals surface area contributed by atoms with Gasteiger partial charge in [-0.3, -0.25) is 9.69 Å². The number of hydrogen-bond acceptors (Lipinski definition) is 4. The summed E-state index contributed by atoms with van der Waals surface area (Å²) in [4.78, 5) is 25.2. The third-order valence-corrected chi connectivity index (χ3v) is 6.12. The Morgan fingerprint density at radius 2 is 1.96 bits per heavy atom. The lowest BCUT2D eigenvalue weighted by Crippen LogP contribution is -2.55. The number of nitrogens with zero attached hydrogens (tertiary/aromatic N) is 3. The van der Waals surface area contributed by atoms with E-state index in [2.05, 4.69) is 21.9 Å². The molecule has 4 rings (SSSR count). The van der Waals surface area contributed by atoms with E-state index >= 15 is 0 Å². The van der Waals surface area contributed by atoms with Gasteiger partial charge in [-0.05, 0) is 44.5 Å². The Morgan fingerprint density at radius 1 is 1.22 bits per heavy atom. The second kappa shape index (κ2) is 7.35. The van der Waals surface area contributed by atoms with Crippen molar-refractivity contribution >= 4 is 5.91 Å². The van der Waals surface area contributed by atoms with E-state index in [1.165, 1.54) is 11.4 Å². The standard InChI is InChI=1S/C21H28N4O2/c1-3-27-17-6-4-16(5-7-17)14-19(26)25-12-9-21(10-13-25)20-18(22-15-23-20)8-11-24(21)2/h4-7,15H,3,8-14H2,1-2H3,(H,22,23). The van der Waals surface area contributed by atoms with Crippen LogP contribution >= 0.6 is 0 Å². The van der Waals surface area contributed by atoms with Crippen LogP contribution in [0.25, 0.3) is 0 Å². The maximum Gasteiger partial charge on any atom is 0.226 e. The van der Waals surface area contributed by atoms with E-state index < -0.39 is 0 Å². The molecular weight excluding hydrogens is 340 g/mol. The first kappa shape index (κ1) is 18.0. The molecule has 1 N–H and O–H groups in total. The topological polar surface area (TPSA) is 61.5 Å². The predicted molar refractivity (Wildman–Crippen MR) is 104 cm³/mol. The number of likely N-dealkylation sites (tertiary alicyclic amines) is 1. The van der Waals surface area contributed by atoms with Crippen LogP contribution in [0.15, 0.2) is 30.6 Å². The lowest BCUT2D eigenvalue weighted by molar-refractivity contribution is -0.133. The summed E-state index contributed by atoms with van der Waals surface area (Å²) in [6.45, 7) is 5.23. The van der Waals surface area contributed by atoms with Gasteiger partial charge in [-0.15, -0.1) is 0 Å². The van der Waals surface area contributed by atoms with Gasteiger partial charge in [-0.1, -0.05) is 12.1 Å². The van der Waals surface area contributed by atoms with E-state index in [0.717, 1.165) is 50.2 Å². The second-order valence-corrected chi connectivity index (χ2v) is 7.57. The zero-order chi connectivity index (χ0) is 18.9. The molecule has 1 aromatic heterocycles. The third-order valence-electron chi connectivity index (χ3n) is 6.12. The van der Waals surface area contributed by atoms with Crippen LogP contribution < -0.4 is 4.74 Å². The van der Waals surface area contributed by atoms with Gasteiger partial charge in [-0.2, -0.15) is 0 Å². The van der Waals surface area contributed by atoms with Crippen molar-refractivity contribution in [1.29, 1.82) is 0 Å². The molecule has 2 aliphatic rings. The van der Waals surface area contributed by atoms with E-state index in [1.54, 1.807) is 0 Å². The molecule has 1 amide bonds. The van der Waals surface area contributed by atoms with Crippen molar-refractivity contribution < 1.29 is 9.53 Å². The Hall–Kier alpha value is -2.34. The van der Waals surface area contributed by atoms with Crippen molar-refractivity contribution in [2.45, 2.75) is 38.1 Å². The number of H-pyrrole nitrogens is 1. The second-order valence-electron chi connectivity index (χ2n) is 7.57. The van der Waals surface area contributed by atoms with Gasteiger partial charge in [0, 0.05) is 31.7 Å². The SMILES string of the molecule is CCOc1ccc(CC(=O)N2CCC3(CC2)c2nc[nH]c2CCN3C)cc1. The number of benzene rings is 1. The number of fused-ring (bicyclic) bond motifs is 2. The highest BCUT2D eigenvalue weighted by Gasteiger charge is 2.45. The van der Waals surface area contributed by atoms with Gasteiger partial charge in [0.05, 0.1) is 30.6 Å². The van der Waals surface area contributed by atoms with E-state index in [0.29, 0.717) is 13.0 Å². The number of hydrogen-bond donors (Lipinski definition) is 1. The van der Waals surface area contributed by atoms with Crippen LogP contribution in [0.3, 0.4) is 0 Å². The number of ether oxygens (including phenoxy) is 1. The van der Waals surface area contributed by atoms with E-state index in [1.807, 2.05) is 42.4 Å². The minimum absolute atomic E-state index is 0.0243. The van der Waals surface area contributed by atoms with Crippen molar-refractivity contribution in [2.24, 2.45) is 0 Å². The molecular formula is C21H28N4O2. The van der Waals surface area contributed by atoms with E-state index in [-0.39, 0.29) is 11.4 Å². The smallest absolute Gasteiger partial charge is 0.226 e. The Kier molecular flexibility index (Phi) is 4.91. The van der Waals surface area contributed by atoms with Gasteiger partial charge in [0.2, 0.25) is 5.91 Å². The molecule has 2 aliphatic heterocycles. The molecule has 0 radical (unpaired) electrons. The number of rotatable bonds is 4. The molecule has 0 unspecified atom stereocenters. The van der Waals surface area contributed by atoms with Crippen LogP contribution in [0, 0.1) is 0 Å². The summed E-state index contributed by atoms with van der Waals surface area (Å²) in [7, 11) is 2.19. The minimum Gasteiger partial charge on any atom is -0.494 e. The Balaban J connectivity index is 1.40. The highest BCUT2D eigenvalue weighted by molar-refractivity contribution is 5.79. The van der Waals surface area contributed by atoms with Crippen LogP contribution in [0.1, 0.15) is 36.7 Å². The number of piperidine rings is 1. The summed E-state index contributed by atoms with van der Waals surface area (Å²) in [5.74, 6) is 1.05. The average molecular weight is 368 g/mol. The largest absolute Gasteiger partial charge is 0.494 e. The molecule has 2 aromatic rings. The summed E-state index contributed by atoms with van der Waals surface area (Å²) in [5, 5.41) is 0. The third kappa shape index (κ3) is 3.34. The number of imidazole rings is 1. The van der Waals surface area contributed by atoms with Gasteiger partial charge in [-0.25, -0.2) is 4.98 Å². The van der Waals surface area contributed by atoms with Crippen LogP contribution in [-0.2, 0) is 23.2 Å². The summed E-state index contributed by atoms with van der Waals surface area (Å²) in [5.41, 5.74) is 3.47. The molecule has 3 heterocycles. The Bertz CT molecular complexity index is 791. The fraction of sp³-hybridized carbons (Fsp3) is 0.524. The molecule has 0 atom stereocenters. The number of amides is 1. The summed E-state index contributed by atoms with van der Waals surface area (Å²) in [6.07, 6.45) is 5.17. The lowest BCUT2D eigenvalue weighted by Gasteiger charge is -2.49. The molecule has 1 aromatic carbocycles. The number of carbonyl (C=O) groups is 1. The summed E-state index contributed by atoms with van der Waals surface area (Å²) in [6, 6.07) is 7.85. The molecule has 6 heteroatoms. The molecule has 144 valence electrons. The van der Waals surface area contributed by atoms with Crippen molar-refractivity contribution in [2.75, 3.05) is 33.3 Å². The van der Waals surface area contributed by atoms with Crippen molar-refractivity contribution in [3.63, 3.8) is 0 Å². The van der Waals surface area contributed by atoms with Crippen molar-refractivity contribution in [3.05, 3.63) is 47.5 Å². The molecule has 1 spiro atoms. The highest BCUT2D eigenvalue weighted by atomic mass is 16.5. The zero-order valence-corrected chi connectivity index (χ0v) is 16.2. The average Bonchev–Trinajstić information content (AvgIpc) is 3.17. The van der Waals surface area contributed by atoms with Gasteiger partial charge >= 0.3 is 0 Å². The van der Waals surface area contributed by atoms with Crippen molar-refractivity contribution in [3.8, 4) is 5.75 Å². The number of aromatic amines is 1. The van der Waals surface area contributed by atoms with Crippen molar-refractivity contribution in [1.82, 2.24) is 19.8 Å². The molecule has 0 aliphatic carbocycles. The normalized spacial score (nSPS) is 19.1. The fourth-order valence-corrected chi connectivity index (χ4v) is 4.49. The van der Waals surface area contributed by atoms with Crippen LogP contribution in [0.2, 0.25) is 0 Å². The summed E-state index contributed by atoms with van der Waals surface area (Å²) >= 11 is 0. The lowest BCUT2D eigenvalue weighted by atomic mass is 9.79. The zero-order valence-electron chi connectivity index (χ0n) is 16.2. The highest BCUT2D eigenvalue weighted by Crippen LogP contribution is 2.41. The molecule has 0 saturated carbocycles. The first-order chi connectivity index (χ1) is 13.1. The summed E-state index contributed by atoms with van der Waals surface area (Å²) < 4.78 is 5.47. The number of aromatic nitrogens is 2. The van der Waals surface area contributed by atoms with E-state index in [9.17, 15) is 4.79 Å². The number of carbonyl (C=O) groups excluding carboxylic acids is 1. The number of likely N-dealkylation sites (N-methyl/N-ethyl adjacent to an activating group) is 1. The van der Waals surface area contributed by atoms with E-state index in [4.69, 9.17) is 4.74 Å². The molecule has 27 heavy (non-hydrogen) atoms. The van der Waals surface area contributed by atoms with Gasteiger partial charge in [0.1, 0.15) is 5.75 Å². The minimum atomic E-state index is -0.0243. The van der Waals surface area contributed by atoms with Gasteiger partial charge in [0.25, 0.3) is 0 Å². The molecule has 6 nitrogen and oxygen atoms in total. The number of nitrogens with one attached hydrogen (secondary N) is 1. The molecule has 1 saturated heterocycles. The first-order valence-corrected chi connectivity index (χ1v) is 9.86. The Morgan fingerprint density at radius 3 is 2.67 bits per heavy atom. The maximum atomic E-state index is 12.8. The maximum absolute atomic E-state index is 12.8. The Labute approximate surface area is 160 Å². The predicted octanol–water partition coefficient (Wildman–Crippen LogP) is 2.36. The molecule has 0 bridgehead atoms. The quantitative estimate of drug-likeness (QED) is 0.900. The first-order valence-electron chi connectivity index (χ1n) is 9.86. The van der Waals surface area contributed by atoms with Gasteiger partial charge < -0.3 is 14.6 Å². The fourth-order valence-electron chi connectivity index (χ4n) is 4.49. The monoisotopic (exact) mass is 368 g/mol.